The fourth-order valence-electron chi connectivity index (χ4n) is 0.260. The number of hydroxylamine groups is 1. The zero-order valence-corrected chi connectivity index (χ0v) is 7.78. The molecule has 0 radical (unpaired) electrons. The van der Waals surface area contributed by atoms with Crippen molar-refractivity contribution in [3.05, 3.63) is 11.6 Å². The molecule has 60 valence electrons. The highest BCUT2D eigenvalue weighted by atomic mass is 79.9. The Hall–Kier alpha value is -0.500. The molecule has 1 N–H and O–H groups in total. The maximum absolute atomic E-state index is 10.5. The van der Waals surface area contributed by atoms with Gasteiger partial charge in [0.1, 0.15) is 0 Å². The van der Waals surface area contributed by atoms with E-state index in [0.29, 0.717) is 0 Å². The molecule has 0 bridgehead atoms. The van der Waals surface area contributed by atoms with E-state index in [0.717, 1.165) is 0 Å². The first-order valence-corrected chi connectivity index (χ1v) is 3.83. The largest absolute Gasteiger partial charge is 0.320 e. The zero-order chi connectivity index (χ0) is 8.53. The van der Waals surface area contributed by atoms with E-state index in [-0.39, 0.29) is 6.61 Å². The number of amides is 1. The van der Waals surface area contributed by atoms with Crippen molar-refractivity contribution in [3.63, 3.8) is 0 Å². The molecule has 0 aromatic heterocycles. The molecule has 0 aliphatic rings. The molecule has 0 saturated heterocycles. The summed E-state index contributed by atoms with van der Waals surface area (Å²) >= 11 is 7.93. The predicted molar refractivity (Wildman–Crippen MR) is 45.8 cm³/mol. The van der Waals surface area contributed by atoms with Gasteiger partial charge in [0.15, 0.2) is 0 Å². The molecule has 0 atom stereocenters. The normalized spacial score (nSPS) is 8.91. The van der Waals surface area contributed by atoms with Gasteiger partial charge in [0.2, 0.25) is 0 Å². The minimum atomic E-state index is -0.509. The fourth-order valence-corrected chi connectivity index (χ4v) is 0.513. The van der Waals surface area contributed by atoms with Crippen molar-refractivity contribution < 1.29 is 9.63 Å². The molecule has 5 heteroatoms. The average Bonchev–Trinajstić information content (AvgIpc) is 1.99. The van der Waals surface area contributed by atoms with Gasteiger partial charge < -0.3 is 0 Å². The molecule has 3 nitrogen and oxygen atoms in total. The predicted octanol–water partition coefficient (Wildman–Crippen LogP) is 1.14. The quantitative estimate of drug-likeness (QED) is 0.455. The first-order valence-electron chi connectivity index (χ1n) is 2.60. The minimum Gasteiger partial charge on any atom is -0.269 e. The minimum absolute atomic E-state index is 0.221. The van der Waals surface area contributed by atoms with Crippen LogP contribution < -0.4 is 5.48 Å². The molecular formula is C6H5BrClNO2. The summed E-state index contributed by atoms with van der Waals surface area (Å²) in [6.45, 7) is 0.221. The fraction of sp³-hybridized carbons (Fsp3) is 0.167. The van der Waals surface area contributed by atoms with Crippen molar-refractivity contribution in [2.75, 3.05) is 6.61 Å². The third-order valence-electron chi connectivity index (χ3n) is 0.594. The lowest BCUT2D eigenvalue weighted by Crippen LogP contribution is -2.21. The second-order valence-electron chi connectivity index (χ2n) is 1.32. The first kappa shape index (κ1) is 10.5. The number of carbonyl (C=O) groups excluding carboxylic acids is 1. The van der Waals surface area contributed by atoms with Crippen molar-refractivity contribution in [3.8, 4) is 10.8 Å². The van der Waals surface area contributed by atoms with Crippen LogP contribution in [0.15, 0.2) is 11.6 Å². The molecule has 0 saturated carbocycles. The molecule has 0 rings (SSSR count). The highest BCUT2D eigenvalue weighted by molar-refractivity contribution is 9.12. The van der Waals surface area contributed by atoms with Crippen molar-refractivity contribution in [2.24, 2.45) is 0 Å². The Kier molecular flexibility index (Phi) is 7.26. The SMILES string of the molecule is O=C(C#CBr)NOC/C=C/Cl. The number of hydrogen-bond acceptors (Lipinski definition) is 2. The molecule has 1 amide bonds. The van der Waals surface area contributed by atoms with Gasteiger partial charge in [-0.15, -0.1) is 0 Å². The van der Waals surface area contributed by atoms with E-state index in [1.165, 1.54) is 11.6 Å². The summed E-state index contributed by atoms with van der Waals surface area (Å²) in [6, 6.07) is 0. The van der Waals surface area contributed by atoms with Crippen LogP contribution in [0.4, 0.5) is 0 Å². The van der Waals surface area contributed by atoms with E-state index in [2.05, 4.69) is 37.0 Å². The topological polar surface area (TPSA) is 38.3 Å². The molecule has 0 aliphatic carbocycles. The van der Waals surface area contributed by atoms with E-state index < -0.39 is 5.91 Å². The van der Waals surface area contributed by atoms with E-state index in [4.69, 9.17) is 11.6 Å². The van der Waals surface area contributed by atoms with Crippen molar-refractivity contribution in [1.82, 2.24) is 5.48 Å². The molecule has 0 spiro atoms. The van der Waals surface area contributed by atoms with Crippen molar-refractivity contribution in [2.45, 2.75) is 0 Å². The zero-order valence-electron chi connectivity index (χ0n) is 5.43. The van der Waals surface area contributed by atoms with Crippen LogP contribution in [0.5, 0.6) is 0 Å². The van der Waals surface area contributed by atoms with Crippen LogP contribution in [0.1, 0.15) is 0 Å². The Morgan fingerprint density at radius 3 is 3.09 bits per heavy atom. The number of carbonyl (C=O) groups is 1. The van der Waals surface area contributed by atoms with E-state index in [1.807, 2.05) is 0 Å². The summed E-state index contributed by atoms with van der Waals surface area (Å²) in [7, 11) is 0. The highest BCUT2D eigenvalue weighted by Gasteiger charge is 1.90. The summed E-state index contributed by atoms with van der Waals surface area (Å²) in [5.41, 5.74) is 3.36. The van der Waals surface area contributed by atoms with Gasteiger partial charge in [0, 0.05) is 27.4 Å². The van der Waals surface area contributed by atoms with Gasteiger partial charge in [-0.05, 0) is 10.9 Å². The molecule has 0 fully saturated rings. The van der Waals surface area contributed by atoms with E-state index in [9.17, 15) is 4.79 Å². The molecule has 0 aromatic carbocycles. The molecule has 0 aliphatic heterocycles. The molecule has 0 heterocycles. The van der Waals surface area contributed by atoms with E-state index in [1.54, 1.807) is 0 Å². The summed E-state index contributed by atoms with van der Waals surface area (Å²) < 4.78 is 0. The number of hydrogen-bond donors (Lipinski definition) is 1. The summed E-state index contributed by atoms with van der Waals surface area (Å²) in [5.74, 6) is 1.65. The Balaban J connectivity index is 3.37. The average molecular weight is 238 g/mol. The third-order valence-corrected chi connectivity index (χ3v) is 0.971. The lowest BCUT2D eigenvalue weighted by Gasteiger charge is -1.96. The second-order valence-corrected chi connectivity index (χ2v) is 1.97. The standard InChI is InChI=1S/C6H5BrClNO2/c7-3-2-6(10)9-11-5-1-4-8/h1,4H,5H2,(H,9,10)/b4-1+. The van der Waals surface area contributed by atoms with Crippen molar-refractivity contribution >= 4 is 33.4 Å². The van der Waals surface area contributed by atoms with Gasteiger partial charge in [-0.25, -0.2) is 5.48 Å². The monoisotopic (exact) mass is 237 g/mol. The molecule has 0 aromatic rings. The maximum atomic E-state index is 10.5. The summed E-state index contributed by atoms with van der Waals surface area (Å²) in [4.78, 5) is 17.3. The van der Waals surface area contributed by atoms with Gasteiger partial charge in [0.05, 0.1) is 6.61 Å². The van der Waals surface area contributed by atoms with Crippen LogP contribution in [-0.2, 0) is 9.63 Å². The lowest BCUT2D eigenvalue weighted by atomic mass is 10.7. The van der Waals surface area contributed by atoms with Gasteiger partial charge in [0.25, 0.3) is 0 Å². The molecule has 0 unspecified atom stereocenters. The Bertz CT molecular complexity index is 206. The number of nitrogens with one attached hydrogen (secondary N) is 1. The maximum Gasteiger partial charge on any atom is 0.320 e. The second kappa shape index (κ2) is 7.61. The van der Waals surface area contributed by atoms with Crippen LogP contribution in [0, 0.1) is 10.8 Å². The smallest absolute Gasteiger partial charge is 0.269 e. The van der Waals surface area contributed by atoms with Crippen LogP contribution in [0.3, 0.4) is 0 Å². The first-order chi connectivity index (χ1) is 5.31. The third kappa shape index (κ3) is 7.40. The van der Waals surface area contributed by atoms with E-state index >= 15 is 0 Å². The Labute approximate surface area is 77.8 Å². The molecular weight excluding hydrogens is 233 g/mol. The van der Waals surface area contributed by atoms with Gasteiger partial charge in [-0.3, -0.25) is 9.63 Å². The van der Waals surface area contributed by atoms with Crippen molar-refractivity contribution in [1.29, 1.82) is 0 Å². The number of halogens is 2. The Morgan fingerprint density at radius 2 is 2.55 bits per heavy atom. The van der Waals surface area contributed by atoms with Gasteiger partial charge >= 0.3 is 5.91 Å². The Morgan fingerprint density at radius 1 is 1.82 bits per heavy atom. The summed E-state index contributed by atoms with van der Waals surface area (Å²) in [5, 5.41) is 0. The summed E-state index contributed by atoms with van der Waals surface area (Å²) in [6.07, 6.45) is 1.53. The number of rotatable bonds is 3. The van der Waals surface area contributed by atoms with Crippen LogP contribution in [-0.4, -0.2) is 12.5 Å². The van der Waals surface area contributed by atoms with Gasteiger partial charge in [-0.1, -0.05) is 11.6 Å². The lowest BCUT2D eigenvalue weighted by molar-refractivity contribution is -0.126. The molecule has 11 heavy (non-hydrogen) atoms. The van der Waals surface area contributed by atoms with Gasteiger partial charge in [-0.2, -0.15) is 0 Å². The van der Waals surface area contributed by atoms with Crippen LogP contribution in [0.2, 0.25) is 0 Å². The highest BCUT2D eigenvalue weighted by Crippen LogP contribution is 1.78. The van der Waals surface area contributed by atoms with Crippen LogP contribution >= 0.6 is 27.5 Å². The van der Waals surface area contributed by atoms with Crippen LogP contribution in [0.25, 0.3) is 0 Å².